The Balaban J connectivity index is 2.20. The van der Waals surface area contributed by atoms with Crippen molar-refractivity contribution in [2.45, 2.75) is 18.6 Å². The predicted molar refractivity (Wildman–Crippen MR) is 69.0 cm³/mol. The third-order valence-electron chi connectivity index (χ3n) is 3.29. The van der Waals surface area contributed by atoms with Crippen molar-refractivity contribution < 1.29 is 24.2 Å². The molecule has 108 valence electrons. The van der Waals surface area contributed by atoms with Crippen molar-refractivity contribution in [3.8, 4) is 0 Å². The van der Waals surface area contributed by atoms with Crippen molar-refractivity contribution in [2.75, 3.05) is 18.5 Å². The number of nitrogens with zero attached hydrogens (tertiary/aromatic N) is 2. The summed E-state index contributed by atoms with van der Waals surface area (Å²) in [5, 5.41) is 18.6. The minimum Gasteiger partial charge on any atom is -0.480 e. The number of carbonyl (C=O) groups excluding carboxylic acids is 1. The molecule has 0 aliphatic carbocycles. The third-order valence-corrected chi connectivity index (χ3v) is 3.29. The van der Waals surface area contributed by atoms with Gasteiger partial charge >= 0.3 is 12.0 Å². The fourth-order valence-corrected chi connectivity index (χ4v) is 2.25. The molecule has 2 N–H and O–H groups in total. The number of aliphatic carboxylic acids is 1. The van der Waals surface area contributed by atoms with Crippen molar-refractivity contribution in [3.63, 3.8) is 0 Å². The highest BCUT2D eigenvalue weighted by atomic mass is 19.1. The number of halogens is 1. The monoisotopic (exact) mass is 282 g/mol. The number of amides is 2. The second kappa shape index (κ2) is 5.46. The van der Waals surface area contributed by atoms with Gasteiger partial charge < -0.3 is 15.1 Å². The molecule has 1 fully saturated rings. The molecule has 6 nitrogen and oxygen atoms in total. The third kappa shape index (κ3) is 2.72. The van der Waals surface area contributed by atoms with E-state index in [4.69, 9.17) is 5.11 Å². The van der Waals surface area contributed by atoms with Crippen molar-refractivity contribution in [3.05, 3.63) is 30.1 Å². The van der Waals surface area contributed by atoms with E-state index < -0.39 is 30.0 Å². The minimum atomic E-state index is -1.16. The Hall–Kier alpha value is -2.15. The first-order valence-corrected chi connectivity index (χ1v) is 6.11. The molecule has 20 heavy (non-hydrogen) atoms. The lowest BCUT2D eigenvalue weighted by molar-refractivity contribution is -0.141. The molecule has 1 aliphatic heterocycles. The standard InChI is InChI=1S/C13H15FN2O4/c1-15(9-4-2-3-8(14)5-9)13(20)16-7-10(17)6-11(16)12(18)19/h2-5,10-11,17H,6-7H2,1H3,(H,18,19)/t10-,11+/m1/s1. The number of aliphatic hydroxyl groups is 1. The fraction of sp³-hybridized carbons (Fsp3) is 0.385. The van der Waals surface area contributed by atoms with E-state index in [0.29, 0.717) is 5.69 Å². The van der Waals surface area contributed by atoms with Crippen LogP contribution in [0.25, 0.3) is 0 Å². The Kier molecular flexibility index (Phi) is 3.89. The van der Waals surface area contributed by atoms with Crippen LogP contribution in [0.5, 0.6) is 0 Å². The number of carboxylic acids is 1. The second-order valence-electron chi connectivity index (χ2n) is 4.72. The molecule has 0 radical (unpaired) electrons. The molecular formula is C13H15FN2O4. The zero-order valence-electron chi connectivity index (χ0n) is 10.9. The summed E-state index contributed by atoms with van der Waals surface area (Å²) in [6, 6.07) is 3.79. The molecule has 1 saturated heterocycles. The summed E-state index contributed by atoms with van der Waals surface area (Å²) >= 11 is 0. The summed E-state index contributed by atoms with van der Waals surface area (Å²) in [4.78, 5) is 25.6. The smallest absolute Gasteiger partial charge is 0.326 e. The molecule has 0 aromatic heterocycles. The maximum absolute atomic E-state index is 13.1. The molecule has 7 heteroatoms. The zero-order valence-corrected chi connectivity index (χ0v) is 10.9. The van der Waals surface area contributed by atoms with Crippen LogP contribution >= 0.6 is 0 Å². The molecular weight excluding hydrogens is 267 g/mol. The molecule has 1 heterocycles. The Labute approximate surface area is 115 Å². The van der Waals surface area contributed by atoms with E-state index in [1.54, 1.807) is 6.07 Å². The van der Waals surface area contributed by atoms with E-state index in [2.05, 4.69) is 0 Å². The maximum Gasteiger partial charge on any atom is 0.326 e. The summed E-state index contributed by atoms with van der Waals surface area (Å²) in [6.07, 6.45) is -0.862. The first-order chi connectivity index (χ1) is 9.40. The van der Waals surface area contributed by atoms with E-state index in [1.165, 1.54) is 25.2 Å². The number of β-amino-alcohol motifs (C(OH)–C–C–N with tert-alkyl or cyclic N) is 1. The number of benzene rings is 1. The molecule has 0 saturated carbocycles. The SMILES string of the molecule is CN(C(=O)N1C[C@H](O)C[C@H]1C(=O)O)c1cccc(F)c1. The lowest BCUT2D eigenvalue weighted by Gasteiger charge is -2.27. The van der Waals surface area contributed by atoms with Crippen LogP contribution < -0.4 is 4.90 Å². The molecule has 2 rings (SSSR count). The van der Waals surface area contributed by atoms with Gasteiger partial charge in [0.1, 0.15) is 11.9 Å². The number of rotatable bonds is 2. The van der Waals surface area contributed by atoms with E-state index in [1.807, 2.05) is 0 Å². The summed E-state index contributed by atoms with van der Waals surface area (Å²) in [5.41, 5.74) is 0.320. The van der Waals surface area contributed by atoms with Gasteiger partial charge in [0, 0.05) is 25.7 Å². The van der Waals surface area contributed by atoms with Crippen LogP contribution in [0.2, 0.25) is 0 Å². The molecule has 1 aromatic carbocycles. The van der Waals surface area contributed by atoms with Crippen LogP contribution in [0.4, 0.5) is 14.9 Å². The van der Waals surface area contributed by atoms with Crippen molar-refractivity contribution in [1.82, 2.24) is 4.90 Å². The highest BCUT2D eigenvalue weighted by Crippen LogP contribution is 2.22. The topological polar surface area (TPSA) is 81.1 Å². The van der Waals surface area contributed by atoms with Crippen molar-refractivity contribution >= 4 is 17.7 Å². The van der Waals surface area contributed by atoms with E-state index in [0.717, 1.165) is 9.80 Å². The van der Waals surface area contributed by atoms with Gasteiger partial charge in [0.2, 0.25) is 0 Å². The van der Waals surface area contributed by atoms with Gasteiger partial charge in [0.05, 0.1) is 6.10 Å². The van der Waals surface area contributed by atoms with E-state index >= 15 is 0 Å². The molecule has 0 spiro atoms. The van der Waals surface area contributed by atoms with Gasteiger partial charge in [-0.25, -0.2) is 14.0 Å². The number of urea groups is 1. The summed E-state index contributed by atoms with van der Waals surface area (Å²) < 4.78 is 13.1. The van der Waals surface area contributed by atoms with E-state index in [9.17, 15) is 19.1 Å². The molecule has 1 aliphatic rings. The number of hydrogen-bond acceptors (Lipinski definition) is 3. The van der Waals surface area contributed by atoms with Crippen molar-refractivity contribution in [1.29, 1.82) is 0 Å². The average molecular weight is 282 g/mol. The van der Waals surface area contributed by atoms with Crippen LogP contribution in [0.1, 0.15) is 6.42 Å². The maximum atomic E-state index is 13.1. The van der Waals surface area contributed by atoms with Crippen LogP contribution in [-0.4, -0.2) is 52.9 Å². The largest absolute Gasteiger partial charge is 0.480 e. The Morgan fingerprint density at radius 1 is 1.45 bits per heavy atom. The van der Waals surface area contributed by atoms with Crippen LogP contribution in [0, 0.1) is 5.82 Å². The number of carbonyl (C=O) groups is 2. The number of hydrogen-bond donors (Lipinski definition) is 2. The molecule has 2 amide bonds. The first-order valence-electron chi connectivity index (χ1n) is 6.11. The number of aliphatic hydroxyl groups excluding tert-OH is 1. The predicted octanol–water partition coefficient (Wildman–Crippen LogP) is 0.902. The van der Waals surface area contributed by atoms with Gasteiger partial charge in [0.15, 0.2) is 0 Å². The molecule has 1 aromatic rings. The lowest BCUT2D eigenvalue weighted by Crippen LogP contribution is -2.47. The highest BCUT2D eigenvalue weighted by Gasteiger charge is 2.40. The Morgan fingerprint density at radius 3 is 2.75 bits per heavy atom. The molecule has 0 unspecified atom stereocenters. The van der Waals surface area contributed by atoms with Crippen LogP contribution in [0.15, 0.2) is 24.3 Å². The van der Waals surface area contributed by atoms with E-state index in [-0.39, 0.29) is 13.0 Å². The number of likely N-dealkylation sites (tertiary alicyclic amines) is 1. The summed E-state index contributed by atoms with van der Waals surface area (Å²) in [5.74, 6) is -1.65. The summed E-state index contributed by atoms with van der Waals surface area (Å²) in [6.45, 7) is -0.0462. The van der Waals surface area contributed by atoms with Gasteiger partial charge in [-0.1, -0.05) is 6.07 Å². The molecule has 0 bridgehead atoms. The summed E-state index contributed by atoms with van der Waals surface area (Å²) in [7, 11) is 1.43. The first kappa shape index (κ1) is 14.3. The van der Waals surface area contributed by atoms with Crippen LogP contribution in [-0.2, 0) is 4.79 Å². The van der Waals surface area contributed by atoms with Gasteiger partial charge in [0.25, 0.3) is 0 Å². The van der Waals surface area contributed by atoms with Gasteiger partial charge in [-0.15, -0.1) is 0 Å². The number of anilines is 1. The normalized spacial score (nSPS) is 21.9. The average Bonchev–Trinajstić information content (AvgIpc) is 2.79. The minimum absolute atomic E-state index is 0.00192. The molecule has 2 atom stereocenters. The highest BCUT2D eigenvalue weighted by molar-refractivity contribution is 5.94. The van der Waals surface area contributed by atoms with Gasteiger partial charge in [-0.3, -0.25) is 4.90 Å². The quantitative estimate of drug-likeness (QED) is 0.844. The number of carboxylic acid groups (broad SMARTS) is 1. The van der Waals surface area contributed by atoms with Crippen LogP contribution in [0.3, 0.4) is 0 Å². The zero-order chi connectivity index (χ0) is 14.9. The van der Waals surface area contributed by atoms with Crippen molar-refractivity contribution in [2.24, 2.45) is 0 Å². The van der Waals surface area contributed by atoms with Gasteiger partial charge in [-0.2, -0.15) is 0 Å². The Morgan fingerprint density at radius 2 is 2.15 bits per heavy atom. The lowest BCUT2D eigenvalue weighted by atomic mass is 10.2. The van der Waals surface area contributed by atoms with Gasteiger partial charge in [-0.05, 0) is 18.2 Å². The Bertz CT molecular complexity index is 537. The fourth-order valence-electron chi connectivity index (χ4n) is 2.25. The second-order valence-corrected chi connectivity index (χ2v) is 4.72.